The van der Waals surface area contributed by atoms with Crippen LogP contribution in [-0.2, 0) is 6.42 Å². The molecule has 1 rings (SSSR count). The molecule has 0 spiro atoms. The van der Waals surface area contributed by atoms with E-state index in [1.165, 1.54) is 0 Å². The lowest BCUT2D eigenvalue weighted by atomic mass is 10.1. The van der Waals surface area contributed by atoms with E-state index in [0.29, 0.717) is 12.0 Å². The number of hydrogen-bond donors (Lipinski definition) is 0. The SMILES string of the molecule is CCc1cc(F)c([N+](=O)[O-])c(F)c1. The van der Waals surface area contributed by atoms with E-state index in [2.05, 4.69) is 0 Å². The van der Waals surface area contributed by atoms with Gasteiger partial charge in [0.25, 0.3) is 0 Å². The molecule has 0 aliphatic heterocycles. The molecule has 0 aromatic heterocycles. The Balaban J connectivity index is 3.31. The van der Waals surface area contributed by atoms with E-state index in [0.717, 1.165) is 12.1 Å². The second-order valence-corrected chi connectivity index (χ2v) is 2.52. The number of aryl methyl sites for hydroxylation is 1. The second-order valence-electron chi connectivity index (χ2n) is 2.52. The van der Waals surface area contributed by atoms with Crippen LogP contribution in [0.1, 0.15) is 12.5 Å². The average Bonchev–Trinajstić information content (AvgIpc) is 2.02. The summed E-state index contributed by atoms with van der Waals surface area (Å²) in [4.78, 5) is 9.10. The third-order valence-electron chi connectivity index (χ3n) is 1.67. The monoisotopic (exact) mass is 187 g/mol. The van der Waals surface area contributed by atoms with Gasteiger partial charge in [-0.3, -0.25) is 10.1 Å². The fourth-order valence-electron chi connectivity index (χ4n) is 0.997. The molecular formula is C8H7F2NO2. The molecule has 0 radical (unpaired) electrons. The summed E-state index contributed by atoms with van der Waals surface area (Å²) in [6.07, 6.45) is 0.436. The first-order valence-corrected chi connectivity index (χ1v) is 3.68. The fraction of sp³-hybridized carbons (Fsp3) is 0.250. The van der Waals surface area contributed by atoms with Crippen molar-refractivity contribution >= 4 is 5.69 Å². The van der Waals surface area contributed by atoms with E-state index in [9.17, 15) is 18.9 Å². The predicted molar refractivity (Wildman–Crippen MR) is 42.4 cm³/mol. The van der Waals surface area contributed by atoms with Crippen molar-refractivity contribution < 1.29 is 13.7 Å². The lowest BCUT2D eigenvalue weighted by molar-refractivity contribution is -0.390. The number of halogens is 2. The summed E-state index contributed by atoms with van der Waals surface area (Å²) in [5, 5.41) is 10.2. The van der Waals surface area contributed by atoms with Crippen molar-refractivity contribution in [3.63, 3.8) is 0 Å². The molecule has 0 N–H and O–H groups in total. The van der Waals surface area contributed by atoms with Gasteiger partial charge >= 0.3 is 5.69 Å². The molecule has 3 nitrogen and oxygen atoms in total. The van der Waals surface area contributed by atoms with Crippen LogP contribution in [0.3, 0.4) is 0 Å². The lowest BCUT2D eigenvalue weighted by Gasteiger charge is -1.99. The number of nitro benzene ring substituents is 1. The van der Waals surface area contributed by atoms with Crippen LogP contribution in [0.4, 0.5) is 14.5 Å². The summed E-state index contributed by atoms with van der Waals surface area (Å²) in [5.74, 6) is -2.25. The summed E-state index contributed by atoms with van der Waals surface area (Å²) in [7, 11) is 0. The van der Waals surface area contributed by atoms with Crippen LogP contribution >= 0.6 is 0 Å². The van der Waals surface area contributed by atoms with Gasteiger partial charge in [-0.25, -0.2) is 0 Å². The highest BCUT2D eigenvalue weighted by Crippen LogP contribution is 2.22. The predicted octanol–water partition coefficient (Wildman–Crippen LogP) is 2.44. The molecule has 0 aliphatic carbocycles. The van der Waals surface area contributed by atoms with E-state index in [1.54, 1.807) is 6.92 Å². The average molecular weight is 187 g/mol. The Hall–Kier alpha value is -1.52. The Kier molecular flexibility index (Phi) is 2.55. The molecular weight excluding hydrogens is 180 g/mol. The Bertz CT molecular complexity index is 329. The van der Waals surface area contributed by atoms with Crippen LogP contribution in [0.2, 0.25) is 0 Å². The van der Waals surface area contributed by atoms with Crippen LogP contribution in [-0.4, -0.2) is 4.92 Å². The van der Waals surface area contributed by atoms with Crippen LogP contribution in [0.15, 0.2) is 12.1 Å². The first kappa shape index (κ1) is 9.57. The summed E-state index contributed by atoms with van der Waals surface area (Å²) in [5.41, 5.74) is -0.683. The maximum Gasteiger partial charge on any atom is 0.340 e. The summed E-state index contributed by atoms with van der Waals surface area (Å²) in [6.45, 7) is 1.71. The van der Waals surface area contributed by atoms with Gasteiger partial charge in [-0.15, -0.1) is 0 Å². The van der Waals surface area contributed by atoms with Crippen molar-refractivity contribution in [3.8, 4) is 0 Å². The normalized spacial score (nSPS) is 10.1. The highest BCUT2D eigenvalue weighted by Gasteiger charge is 2.21. The van der Waals surface area contributed by atoms with Gasteiger partial charge in [0.2, 0.25) is 11.6 Å². The van der Waals surface area contributed by atoms with E-state index in [-0.39, 0.29) is 0 Å². The third-order valence-corrected chi connectivity index (χ3v) is 1.67. The molecule has 0 fully saturated rings. The zero-order chi connectivity index (χ0) is 10.0. The van der Waals surface area contributed by atoms with Crippen molar-refractivity contribution in [3.05, 3.63) is 39.4 Å². The largest absolute Gasteiger partial charge is 0.340 e. The molecule has 0 unspecified atom stereocenters. The van der Waals surface area contributed by atoms with Gasteiger partial charge in [-0.1, -0.05) is 6.92 Å². The summed E-state index contributed by atoms with van der Waals surface area (Å²) in [6, 6.07) is 1.95. The number of hydrogen-bond acceptors (Lipinski definition) is 2. The van der Waals surface area contributed by atoms with Crippen LogP contribution < -0.4 is 0 Å². The molecule has 0 amide bonds. The van der Waals surface area contributed by atoms with Gasteiger partial charge in [0.15, 0.2) is 0 Å². The fourth-order valence-corrected chi connectivity index (χ4v) is 0.997. The van der Waals surface area contributed by atoms with Crippen molar-refractivity contribution in [2.24, 2.45) is 0 Å². The standard InChI is InChI=1S/C8H7F2NO2/c1-2-5-3-6(9)8(11(12)13)7(10)4-5/h3-4H,2H2,1H3. The molecule has 0 atom stereocenters. The molecule has 0 aliphatic rings. The zero-order valence-corrected chi connectivity index (χ0v) is 6.88. The molecule has 70 valence electrons. The van der Waals surface area contributed by atoms with Crippen molar-refractivity contribution in [1.82, 2.24) is 0 Å². The Morgan fingerprint density at radius 1 is 1.38 bits per heavy atom. The van der Waals surface area contributed by atoms with Gasteiger partial charge in [0.05, 0.1) is 4.92 Å². The van der Waals surface area contributed by atoms with Gasteiger partial charge in [-0.05, 0) is 24.1 Å². The maximum absolute atomic E-state index is 12.9. The first-order valence-electron chi connectivity index (χ1n) is 3.68. The minimum absolute atomic E-state index is 0.403. The minimum atomic E-state index is -1.12. The van der Waals surface area contributed by atoms with E-state index < -0.39 is 22.2 Å². The van der Waals surface area contributed by atoms with Gasteiger partial charge in [-0.2, -0.15) is 8.78 Å². The molecule has 5 heteroatoms. The van der Waals surface area contributed by atoms with Crippen LogP contribution in [0, 0.1) is 21.7 Å². The van der Waals surface area contributed by atoms with Crippen molar-refractivity contribution in [2.45, 2.75) is 13.3 Å². The van der Waals surface area contributed by atoms with Gasteiger partial charge in [0.1, 0.15) is 0 Å². The topological polar surface area (TPSA) is 43.1 Å². The van der Waals surface area contributed by atoms with Gasteiger partial charge in [0, 0.05) is 0 Å². The number of nitrogens with zero attached hydrogens (tertiary/aromatic N) is 1. The zero-order valence-electron chi connectivity index (χ0n) is 6.88. The molecule has 0 bridgehead atoms. The molecule has 0 heterocycles. The molecule has 0 saturated carbocycles. The van der Waals surface area contributed by atoms with Crippen LogP contribution in [0.5, 0.6) is 0 Å². The van der Waals surface area contributed by atoms with Crippen molar-refractivity contribution in [2.75, 3.05) is 0 Å². The van der Waals surface area contributed by atoms with Crippen molar-refractivity contribution in [1.29, 1.82) is 0 Å². The smallest absolute Gasteiger partial charge is 0.258 e. The molecule has 0 saturated heterocycles. The Morgan fingerprint density at radius 2 is 1.85 bits per heavy atom. The number of nitro groups is 1. The highest BCUT2D eigenvalue weighted by atomic mass is 19.1. The van der Waals surface area contributed by atoms with E-state index in [1.807, 2.05) is 0 Å². The summed E-state index contributed by atoms with van der Waals surface area (Å²) < 4.78 is 25.7. The van der Waals surface area contributed by atoms with E-state index in [4.69, 9.17) is 0 Å². The molecule has 1 aromatic rings. The lowest BCUT2D eigenvalue weighted by Crippen LogP contribution is -1.98. The number of benzene rings is 1. The first-order chi connectivity index (χ1) is 6.06. The second kappa shape index (κ2) is 3.47. The summed E-state index contributed by atoms with van der Waals surface area (Å²) >= 11 is 0. The highest BCUT2D eigenvalue weighted by molar-refractivity contribution is 5.36. The van der Waals surface area contributed by atoms with Crippen LogP contribution in [0.25, 0.3) is 0 Å². The third kappa shape index (κ3) is 1.80. The van der Waals surface area contributed by atoms with E-state index >= 15 is 0 Å². The molecule has 13 heavy (non-hydrogen) atoms. The molecule has 1 aromatic carbocycles. The Morgan fingerprint density at radius 3 is 2.15 bits per heavy atom. The quantitative estimate of drug-likeness (QED) is 0.527. The maximum atomic E-state index is 12.9. The Labute approximate surface area is 73.1 Å². The van der Waals surface area contributed by atoms with Gasteiger partial charge < -0.3 is 0 Å². The number of rotatable bonds is 2. The minimum Gasteiger partial charge on any atom is -0.258 e.